The van der Waals surface area contributed by atoms with Gasteiger partial charge in [0.05, 0.1) is 5.41 Å². The minimum absolute atomic E-state index is 0.118. The predicted molar refractivity (Wildman–Crippen MR) is 104 cm³/mol. The molecule has 1 saturated heterocycles. The Kier molecular flexibility index (Phi) is 8.72. The van der Waals surface area contributed by atoms with Crippen LogP contribution in [-0.4, -0.2) is 64.7 Å². The lowest BCUT2D eigenvalue weighted by Crippen LogP contribution is -2.48. The SMILES string of the molecule is CCN1CC(=O)N(C(C)(C)CCCCOCCCCC(C)(C)C(=O)O)C1=O. The molecule has 1 rings (SSSR count). The molecule has 1 aliphatic rings. The lowest BCUT2D eigenvalue weighted by Gasteiger charge is -2.33. The van der Waals surface area contributed by atoms with E-state index in [0.717, 1.165) is 32.1 Å². The van der Waals surface area contributed by atoms with Gasteiger partial charge in [-0.05, 0) is 66.7 Å². The van der Waals surface area contributed by atoms with Crippen LogP contribution in [0.25, 0.3) is 0 Å². The number of rotatable bonds is 13. The third kappa shape index (κ3) is 6.79. The zero-order valence-electron chi connectivity index (χ0n) is 17.5. The summed E-state index contributed by atoms with van der Waals surface area (Å²) in [6.07, 6.45) is 4.83. The Morgan fingerprint density at radius 2 is 1.59 bits per heavy atom. The van der Waals surface area contributed by atoms with Crippen LogP contribution < -0.4 is 0 Å². The molecule has 7 heteroatoms. The number of carbonyl (C=O) groups is 3. The minimum atomic E-state index is -0.761. The molecule has 0 aromatic carbocycles. The quantitative estimate of drug-likeness (QED) is 0.388. The van der Waals surface area contributed by atoms with Crippen LogP contribution in [0.1, 0.15) is 73.1 Å². The Bertz CT molecular complexity index is 530. The number of likely N-dealkylation sites (N-methyl/N-ethyl adjacent to an activating group) is 1. The number of imide groups is 1. The zero-order valence-corrected chi connectivity index (χ0v) is 17.5. The molecule has 1 aliphatic heterocycles. The van der Waals surface area contributed by atoms with Crippen LogP contribution in [0, 0.1) is 5.41 Å². The maximum absolute atomic E-state index is 12.3. The minimum Gasteiger partial charge on any atom is -0.481 e. The summed E-state index contributed by atoms with van der Waals surface area (Å²) < 4.78 is 5.62. The van der Waals surface area contributed by atoms with E-state index in [2.05, 4.69) is 0 Å². The Morgan fingerprint density at radius 1 is 1.04 bits per heavy atom. The van der Waals surface area contributed by atoms with Crippen molar-refractivity contribution >= 4 is 17.9 Å². The van der Waals surface area contributed by atoms with E-state index >= 15 is 0 Å². The van der Waals surface area contributed by atoms with Crippen molar-refractivity contribution in [2.75, 3.05) is 26.3 Å². The van der Waals surface area contributed by atoms with Crippen LogP contribution in [0.3, 0.4) is 0 Å². The van der Waals surface area contributed by atoms with E-state index in [4.69, 9.17) is 9.84 Å². The van der Waals surface area contributed by atoms with Crippen molar-refractivity contribution < 1.29 is 24.2 Å². The van der Waals surface area contributed by atoms with E-state index < -0.39 is 16.9 Å². The summed E-state index contributed by atoms with van der Waals surface area (Å²) in [4.78, 5) is 38.5. The summed E-state index contributed by atoms with van der Waals surface area (Å²) in [6.45, 7) is 11.2. The maximum atomic E-state index is 12.3. The third-order valence-electron chi connectivity index (χ3n) is 5.27. The summed E-state index contributed by atoms with van der Waals surface area (Å²) in [5.41, 5.74) is -1.16. The average Bonchev–Trinajstić information content (AvgIpc) is 2.87. The Balaban J connectivity index is 2.18. The van der Waals surface area contributed by atoms with Gasteiger partial charge in [0.2, 0.25) is 0 Å². The van der Waals surface area contributed by atoms with Gasteiger partial charge in [-0.25, -0.2) is 4.79 Å². The number of urea groups is 1. The second-order valence-corrected chi connectivity index (χ2v) is 8.55. The average molecular weight is 385 g/mol. The molecule has 0 aromatic rings. The molecule has 0 spiro atoms. The van der Waals surface area contributed by atoms with Gasteiger partial charge in [-0.2, -0.15) is 0 Å². The molecule has 3 amide bonds. The van der Waals surface area contributed by atoms with E-state index in [1.165, 1.54) is 4.90 Å². The number of nitrogens with zero attached hydrogens (tertiary/aromatic N) is 2. The van der Waals surface area contributed by atoms with E-state index in [-0.39, 0.29) is 18.5 Å². The van der Waals surface area contributed by atoms with Crippen molar-refractivity contribution in [1.29, 1.82) is 0 Å². The normalized spacial score (nSPS) is 15.7. The van der Waals surface area contributed by atoms with Crippen LogP contribution in [0.4, 0.5) is 4.79 Å². The van der Waals surface area contributed by atoms with Gasteiger partial charge in [0.25, 0.3) is 5.91 Å². The first-order valence-corrected chi connectivity index (χ1v) is 9.96. The molecule has 156 valence electrons. The lowest BCUT2D eigenvalue weighted by molar-refractivity contribution is -0.147. The van der Waals surface area contributed by atoms with Crippen LogP contribution in [0.15, 0.2) is 0 Å². The topological polar surface area (TPSA) is 87.2 Å². The van der Waals surface area contributed by atoms with Gasteiger partial charge < -0.3 is 14.7 Å². The van der Waals surface area contributed by atoms with Crippen molar-refractivity contribution in [2.45, 2.75) is 78.7 Å². The summed E-state index contributed by atoms with van der Waals surface area (Å²) in [6, 6.07) is -0.187. The monoisotopic (exact) mass is 384 g/mol. The van der Waals surface area contributed by atoms with Gasteiger partial charge in [-0.15, -0.1) is 0 Å². The fourth-order valence-corrected chi connectivity index (χ4v) is 3.25. The first-order chi connectivity index (χ1) is 12.5. The molecule has 0 atom stereocenters. The van der Waals surface area contributed by atoms with Crippen molar-refractivity contribution in [3.05, 3.63) is 0 Å². The molecule has 0 saturated carbocycles. The van der Waals surface area contributed by atoms with Crippen LogP contribution in [0.5, 0.6) is 0 Å². The molecule has 1 N–H and O–H groups in total. The van der Waals surface area contributed by atoms with Crippen molar-refractivity contribution in [1.82, 2.24) is 9.80 Å². The second-order valence-electron chi connectivity index (χ2n) is 8.55. The number of hydrogen-bond donors (Lipinski definition) is 1. The first-order valence-electron chi connectivity index (χ1n) is 9.96. The Morgan fingerprint density at radius 3 is 2.07 bits per heavy atom. The zero-order chi connectivity index (χ0) is 20.7. The first kappa shape index (κ1) is 23.4. The maximum Gasteiger partial charge on any atom is 0.327 e. The molecular formula is C20H36N2O5. The van der Waals surface area contributed by atoms with Gasteiger partial charge >= 0.3 is 12.0 Å². The fraction of sp³-hybridized carbons (Fsp3) is 0.850. The summed E-state index contributed by atoms with van der Waals surface area (Å²) in [5, 5.41) is 9.07. The lowest BCUT2D eigenvalue weighted by atomic mass is 9.87. The molecule has 1 fully saturated rings. The third-order valence-corrected chi connectivity index (χ3v) is 5.27. The molecule has 0 aromatic heterocycles. The van der Waals surface area contributed by atoms with Gasteiger partial charge in [-0.1, -0.05) is 6.42 Å². The number of hydrogen-bond acceptors (Lipinski definition) is 4. The molecule has 1 heterocycles. The highest BCUT2D eigenvalue weighted by molar-refractivity contribution is 6.02. The van der Waals surface area contributed by atoms with Crippen LogP contribution in [0.2, 0.25) is 0 Å². The molecule has 0 aliphatic carbocycles. The number of aliphatic carboxylic acids is 1. The van der Waals surface area contributed by atoms with Crippen molar-refractivity contribution in [3.63, 3.8) is 0 Å². The summed E-state index contributed by atoms with van der Waals surface area (Å²) in [5.74, 6) is -0.879. The number of ether oxygens (including phenoxy) is 1. The Labute approximate surface area is 163 Å². The van der Waals surface area contributed by atoms with Crippen LogP contribution >= 0.6 is 0 Å². The highest BCUT2D eigenvalue weighted by Crippen LogP contribution is 2.27. The molecule has 27 heavy (non-hydrogen) atoms. The number of carbonyl (C=O) groups excluding carboxylic acids is 2. The van der Waals surface area contributed by atoms with Crippen LogP contribution in [-0.2, 0) is 14.3 Å². The highest BCUT2D eigenvalue weighted by atomic mass is 16.5. The standard InChI is InChI=1S/C20H36N2O5/c1-6-21-15-16(23)22(18(21)26)20(4,5)12-8-10-14-27-13-9-7-11-19(2,3)17(24)25/h6-15H2,1-5H3,(H,24,25). The van der Waals surface area contributed by atoms with Gasteiger partial charge in [0, 0.05) is 25.3 Å². The number of unbranched alkanes of at least 4 members (excludes halogenated alkanes) is 2. The van der Waals surface area contributed by atoms with Gasteiger partial charge in [0.1, 0.15) is 6.54 Å². The molecule has 0 bridgehead atoms. The van der Waals surface area contributed by atoms with Gasteiger partial charge in [-0.3, -0.25) is 14.5 Å². The summed E-state index contributed by atoms with van der Waals surface area (Å²) in [7, 11) is 0. The second kappa shape index (κ2) is 10.1. The molecule has 0 radical (unpaired) electrons. The van der Waals surface area contributed by atoms with E-state index in [1.807, 2.05) is 20.8 Å². The molecular weight excluding hydrogens is 348 g/mol. The Hall–Kier alpha value is -1.63. The largest absolute Gasteiger partial charge is 0.481 e. The van der Waals surface area contributed by atoms with Gasteiger partial charge in [0.15, 0.2) is 0 Å². The van der Waals surface area contributed by atoms with E-state index in [0.29, 0.717) is 26.2 Å². The summed E-state index contributed by atoms with van der Waals surface area (Å²) >= 11 is 0. The number of amides is 3. The number of carboxylic acids is 1. The molecule has 7 nitrogen and oxygen atoms in total. The number of carboxylic acid groups (broad SMARTS) is 1. The van der Waals surface area contributed by atoms with Crippen molar-refractivity contribution in [3.8, 4) is 0 Å². The fourth-order valence-electron chi connectivity index (χ4n) is 3.25. The highest BCUT2D eigenvalue weighted by Gasteiger charge is 2.43. The van der Waals surface area contributed by atoms with E-state index in [1.54, 1.807) is 18.7 Å². The molecule has 0 unspecified atom stereocenters. The predicted octanol–water partition coefficient (Wildman–Crippen LogP) is 3.52. The van der Waals surface area contributed by atoms with E-state index in [9.17, 15) is 14.4 Å². The van der Waals surface area contributed by atoms with Crippen molar-refractivity contribution in [2.24, 2.45) is 5.41 Å². The smallest absolute Gasteiger partial charge is 0.327 e.